The lowest BCUT2D eigenvalue weighted by Crippen LogP contribution is -2.49. The summed E-state index contributed by atoms with van der Waals surface area (Å²) in [6, 6.07) is 18.0. The van der Waals surface area contributed by atoms with E-state index in [1.807, 2.05) is 46.2 Å². The van der Waals surface area contributed by atoms with Crippen molar-refractivity contribution in [3.05, 3.63) is 89.0 Å². The third-order valence-electron chi connectivity index (χ3n) is 5.97. The molecule has 0 saturated carbocycles. The van der Waals surface area contributed by atoms with Gasteiger partial charge in [-0.25, -0.2) is 0 Å². The second-order valence-corrected chi connectivity index (χ2v) is 8.33. The van der Waals surface area contributed by atoms with E-state index in [0.717, 1.165) is 10.8 Å². The predicted octanol–water partition coefficient (Wildman–Crippen LogP) is 3.42. The van der Waals surface area contributed by atoms with E-state index in [0.29, 0.717) is 44.1 Å². The number of piperazine rings is 1. The summed E-state index contributed by atoms with van der Waals surface area (Å²) in [5.41, 5.74) is 1.18. The lowest BCUT2D eigenvalue weighted by Gasteiger charge is -2.35. The molecule has 0 aliphatic carbocycles. The number of nitro groups is 1. The number of anilines is 2. The fourth-order valence-electron chi connectivity index (χ4n) is 4.14. The number of carbonyl (C=O) groups is 2. The average molecular weight is 474 g/mol. The molecule has 1 saturated heterocycles. The molecule has 9 heteroatoms. The topological polar surface area (TPSA) is 108 Å². The molecule has 1 heterocycles. The Hall–Kier alpha value is -4.24. The van der Waals surface area contributed by atoms with E-state index < -0.39 is 10.8 Å². The van der Waals surface area contributed by atoms with Crippen molar-refractivity contribution in [2.45, 2.75) is 0 Å². The molecule has 3 aromatic carbocycles. The Bertz CT molecular complexity index is 1270. The molecule has 4 rings (SSSR count). The van der Waals surface area contributed by atoms with Gasteiger partial charge in [-0.2, -0.15) is 0 Å². The van der Waals surface area contributed by atoms with Gasteiger partial charge < -0.3 is 15.5 Å². The van der Waals surface area contributed by atoms with Crippen molar-refractivity contribution in [2.75, 3.05) is 49.5 Å². The Morgan fingerprint density at radius 1 is 1.00 bits per heavy atom. The molecule has 1 aliphatic rings. The van der Waals surface area contributed by atoms with Crippen LogP contribution >= 0.6 is 0 Å². The van der Waals surface area contributed by atoms with Gasteiger partial charge in [0, 0.05) is 50.0 Å². The molecule has 35 heavy (non-hydrogen) atoms. The third-order valence-corrected chi connectivity index (χ3v) is 5.97. The predicted molar refractivity (Wildman–Crippen MR) is 137 cm³/mol. The van der Waals surface area contributed by atoms with Crippen LogP contribution in [0, 0.1) is 10.1 Å². The summed E-state index contributed by atoms with van der Waals surface area (Å²) in [4.78, 5) is 40.0. The van der Waals surface area contributed by atoms with Crippen molar-refractivity contribution in [1.29, 1.82) is 0 Å². The van der Waals surface area contributed by atoms with Gasteiger partial charge in [-0.1, -0.05) is 36.4 Å². The molecule has 0 bridgehead atoms. The van der Waals surface area contributed by atoms with Gasteiger partial charge in [0.25, 0.3) is 11.6 Å². The highest BCUT2D eigenvalue weighted by Gasteiger charge is 2.26. The maximum atomic E-state index is 12.8. The van der Waals surface area contributed by atoms with Gasteiger partial charge in [0.15, 0.2) is 0 Å². The number of hydrogen-bond acceptors (Lipinski definition) is 6. The van der Waals surface area contributed by atoms with Gasteiger partial charge >= 0.3 is 0 Å². The highest BCUT2D eigenvalue weighted by atomic mass is 16.6. The van der Waals surface area contributed by atoms with Crippen LogP contribution in [0.2, 0.25) is 0 Å². The Balaban J connectivity index is 1.44. The molecule has 1 fully saturated rings. The first kappa shape index (κ1) is 23.9. The van der Waals surface area contributed by atoms with Crippen LogP contribution < -0.4 is 15.5 Å². The molecular formula is C26H27N5O4. The Kier molecular flexibility index (Phi) is 7.37. The summed E-state index contributed by atoms with van der Waals surface area (Å²) in [7, 11) is 0. The van der Waals surface area contributed by atoms with E-state index in [-0.39, 0.29) is 23.7 Å². The van der Waals surface area contributed by atoms with Gasteiger partial charge in [0.2, 0.25) is 5.91 Å². The van der Waals surface area contributed by atoms with Crippen molar-refractivity contribution < 1.29 is 14.5 Å². The zero-order chi connectivity index (χ0) is 24.8. The fraction of sp³-hybridized carbons (Fsp3) is 0.231. The van der Waals surface area contributed by atoms with Crippen molar-refractivity contribution in [1.82, 2.24) is 10.2 Å². The van der Waals surface area contributed by atoms with Crippen molar-refractivity contribution in [2.24, 2.45) is 0 Å². The number of hydrogen-bond donors (Lipinski definition) is 2. The summed E-state index contributed by atoms with van der Waals surface area (Å²) in [6.07, 6.45) is 1.63. The number of carbonyl (C=O) groups excluding carboxylic acids is 2. The number of benzene rings is 3. The van der Waals surface area contributed by atoms with E-state index in [9.17, 15) is 19.7 Å². The Morgan fingerprint density at radius 3 is 2.46 bits per heavy atom. The van der Waals surface area contributed by atoms with E-state index in [1.54, 1.807) is 24.3 Å². The van der Waals surface area contributed by atoms with Crippen LogP contribution in [-0.4, -0.2) is 60.9 Å². The first-order chi connectivity index (χ1) is 16.9. The SMILES string of the molecule is C=CCNC(=O)CN1CCN(c2ccc(C(=O)Nc3ccc4ccccc4c3)cc2[N+](=O)[O-])CC1. The molecule has 0 unspecified atom stereocenters. The first-order valence-electron chi connectivity index (χ1n) is 11.4. The highest BCUT2D eigenvalue weighted by molar-refractivity contribution is 6.06. The minimum atomic E-state index is -0.461. The number of fused-ring (bicyclic) bond motifs is 1. The molecule has 0 radical (unpaired) electrons. The van der Waals surface area contributed by atoms with Crippen molar-refractivity contribution >= 4 is 39.6 Å². The first-order valence-corrected chi connectivity index (χ1v) is 11.4. The molecule has 0 spiro atoms. The fourth-order valence-corrected chi connectivity index (χ4v) is 4.14. The molecule has 9 nitrogen and oxygen atoms in total. The standard InChI is InChI=1S/C26H27N5O4/c1-2-11-27-25(32)18-29-12-14-30(15-13-29)23-10-8-21(17-24(23)31(34)35)26(33)28-22-9-7-19-5-3-4-6-20(19)16-22/h2-10,16-17H,1,11-15,18H2,(H,27,32)(H,28,33). The molecule has 180 valence electrons. The van der Waals surface area contributed by atoms with Crippen molar-refractivity contribution in [3.63, 3.8) is 0 Å². The third kappa shape index (κ3) is 5.82. The minimum absolute atomic E-state index is 0.0777. The maximum Gasteiger partial charge on any atom is 0.293 e. The van der Waals surface area contributed by atoms with Crippen LogP contribution in [0.15, 0.2) is 73.3 Å². The summed E-state index contributed by atoms with van der Waals surface area (Å²) < 4.78 is 0. The monoisotopic (exact) mass is 473 g/mol. The van der Waals surface area contributed by atoms with Gasteiger partial charge in [-0.3, -0.25) is 24.6 Å². The zero-order valence-electron chi connectivity index (χ0n) is 19.3. The number of nitrogens with zero attached hydrogens (tertiary/aromatic N) is 3. The Labute approximate surface area is 203 Å². The van der Waals surface area contributed by atoms with Crippen LogP contribution in [-0.2, 0) is 4.79 Å². The second-order valence-electron chi connectivity index (χ2n) is 8.33. The molecule has 1 aliphatic heterocycles. The minimum Gasteiger partial charge on any atom is -0.363 e. The van der Waals surface area contributed by atoms with Gasteiger partial charge in [-0.15, -0.1) is 6.58 Å². The lowest BCUT2D eigenvalue weighted by atomic mass is 10.1. The molecular weight excluding hydrogens is 446 g/mol. The molecule has 3 aromatic rings. The number of amides is 2. The molecule has 0 aromatic heterocycles. The smallest absolute Gasteiger partial charge is 0.293 e. The van der Waals surface area contributed by atoms with Gasteiger partial charge in [0.05, 0.1) is 11.5 Å². The van der Waals surface area contributed by atoms with E-state index in [1.165, 1.54) is 6.07 Å². The number of nitrogens with one attached hydrogen (secondary N) is 2. The van der Waals surface area contributed by atoms with Crippen LogP contribution in [0.1, 0.15) is 10.4 Å². The van der Waals surface area contributed by atoms with Crippen LogP contribution in [0.4, 0.5) is 17.1 Å². The van der Waals surface area contributed by atoms with Gasteiger partial charge in [-0.05, 0) is 35.0 Å². The van der Waals surface area contributed by atoms with E-state index in [2.05, 4.69) is 17.2 Å². The number of rotatable bonds is 8. The quantitative estimate of drug-likeness (QED) is 0.295. The van der Waals surface area contributed by atoms with E-state index in [4.69, 9.17) is 0 Å². The largest absolute Gasteiger partial charge is 0.363 e. The molecule has 0 atom stereocenters. The molecule has 2 amide bonds. The summed E-state index contributed by atoms with van der Waals surface area (Å²) >= 11 is 0. The summed E-state index contributed by atoms with van der Waals surface area (Å²) in [5.74, 6) is -0.489. The normalized spacial score (nSPS) is 13.9. The van der Waals surface area contributed by atoms with Crippen LogP contribution in [0.3, 0.4) is 0 Å². The second kappa shape index (κ2) is 10.8. The lowest BCUT2D eigenvalue weighted by molar-refractivity contribution is -0.384. The molecule has 2 N–H and O–H groups in total. The highest BCUT2D eigenvalue weighted by Crippen LogP contribution is 2.30. The summed E-state index contributed by atoms with van der Waals surface area (Å²) in [5, 5.41) is 19.5. The average Bonchev–Trinajstić information content (AvgIpc) is 2.87. The van der Waals surface area contributed by atoms with E-state index >= 15 is 0 Å². The van der Waals surface area contributed by atoms with Crippen molar-refractivity contribution in [3.8, 4) is 0 Å². The maximum absolute atomic E-state index is 12.8. The zero-order valence-corrected chi connectivity index (χ0v) is 19.3. The number of nitro benzene ring substituents is 1. The summed E-state index contributed by atoms with van der Waals surface area (Å²) in [6.45, 7) is 6.56. The Morgan fingerprint density at radius 2 is 1.74 bits per heavy atom. The van der Waals surface area contributed by atoms with Gasteiger partial charge in [0.1, 0.15) is 5.69 Å². The van der Waals surface area contributed by atoms with Crippen LogP contribution in [0.5, 0.6) is 0 Å². The van der Waals surface area contributed by atoms with Crippen LogP contribution in [0.25, 0.3) is 10.8 Å².